The highest BCUT2D eigenvalue weighted by Gasteiger charge is 2.27. The second-order valence-corrected chi connectivity index (χ2v) is 4.30. The van der Waals surface area contributed by atoms with Crippen LogP contribution in [-0.2, 0) is 12.8 Å². The molecule has 0 spiro atoms. The average molecular weight is 250 g/mol. The maximum absolute atomic E-state index is 9.04. The van der Waals surface area contributed by atoms with Crippen molar-refractivity contribution in [1.29, 1.82) is 0 Å². The van der Waals surface area contributed by atoms with Crippen molar-refractivity contribution in [3.05, 3.63) is 23.3 Å². The number of amidine groups is 1. The summed E-state index contributed by atoms with van der Waals surface area (Å²) in [7, 11) is 4.93. The van der Waals surface area contributed by atoms with Crippen molar-refractivity contribution in [2.45, 2.75) is 12.8 Å². The van der Waals surface area contributed by atoms with E-state index >= 15 is 0 Å². The zero-order valence-electron chi connectivity index (χ0n) is 10.9. The van der Waals surface area contributed by atoms with E-state index in [1.54, 1.807) is 21.3 Å². The van der Waals surface area contributed by atoms with Crippen LogP contribution in [0, 0.1) is 5.92 Å². The zero-order valence-corrected chi connectivity index (χ0v) is 10.9. The van der Waals surface area contributed by atoms with E-state index in [-0.39, 0.29) is 5.92 Å². The number of rotatable bonds is 3. The van der Waals surface area contributed by atoms with Crippen LogP contribution >= 0.6 is 0 Å². The summed E-state index contributed by atoms with van der Waals surface area (Å²) in [5, 5.41) is 9.04. The number of nitrogens with one attached hydrogen (secondary N) is 1. The van der Waals surface area contributed by atoms with Gasteiger partial charge in [0.1, 0.15) is 5.84 Å². The molecule has 0 aliphatic heterocycles. The minimum Gasteiger partial charge on any atom is -0.493 e. The second kappa shape index (κ2) is 5.27. The minimum absolute atomic E-state index is 0.187. The number of hydrogen-bond acceptors (Lipinski definition) is 4. The molecule has 98 valence electrons. The lowest BCUT2D eigenvalue weighted by Crippen LogP contribution is -2.28. The van der Waals surface area contributed by atoms with E-state index in [0.717, 1.165) is 24.3 Å². The van der Waals surface area contributed by atoms with Gasteiger partial charge < -0.3 is 9.47 Å². The number of methoxy groups -OCH3 is 2. The number of aliphatic imine (C=N–C) groups is 1. The molecule has 0 saturated heterocycles. The molecule has 0 amide bonds. The van der Waals surface area contributed by atoms with Gasteiger partial charge in [-0.3, -0.25) is 15.7 Å². The quantitative estimate of drug-likeness (QED) is 0.484. The standard InChI is InChI=1S/C13H18N2O3/c1-14-13(15-16)10-4-8-6-11(17-2)12(18-3)7-9(8)5-10/h6-7,10,16H,4-5H2,1-3H3,(H,14,15). The average Bonchev–Trinajstić information content (AvgIpc) is 2.80. The molecular formula is C13H18N2O3. The predicted octanol–water partition coefficient (Wildman–Crippen LogP) is 1.43. The molecule has 0 fully saturated rings. The maximum atomic E-state index is 9.04. The van der Waals surface area contributed by atoms with E-state index in [1.807, 2.05) is 12.1 Å². The van der Waals surface area contributed by atoms with Crippen LogP contribution in [0.2, 0.25) is 0 Å². The highest BCUT2D eigenvalue weighted by atomic mass is 16.5. The molecule has 5 nitrogen and oxygen atoms in total. The van der Waals surface area contributed by atoms with Gasteiger partial charge in [-0.05, 0) is 36.1 Å². The number of hydrogen-bond donors (Lipinski definition) is 2. The van der Waals surface area contributed by atoms with E-state index in [2.05, 4.69) is 10.5 Å². The van der Waals surface area contributed by atoms with E-state index < -0.39 is 0 Å². The minimum atomic E-state index is 0.187. The molecule has 0 unspecified atom stereocenters. The number of fused-ring (bicyclic) bond motifs is 1. The Labute approximate surface area is 106 Å². The maximum Gasteiger partial charge on any atom is 0.161 e. The van der Waals surface area contributed by atoms with Crippen LogP contribution in [0.5, 0.6) is 11.5 Å². The first-order valence-corrected chi connectivity index (χ1v) is 5.84. The molecule has 1 aromatic rings. The molecule has 0 aromatic heterocycles. The number of hydroxylamine groups is 1. The number of ether oxygens (including phenoxy) is 2. The van der Waals surface area contributed by atoms with Gasteiger partial charge in [-0.2, -0.15) is 0 Å². The van der Waals surface area contributed by atoms with Crippen molar-refractivity contribution in [2.75, 3.05) is 21.3 Å². The Morgan fingerprint density at radius 3 is 2.06 bits per heavy atom. The summed E-state index contributed by atoms with van der Waals surface area (Å²) in [5.74, 6) is 2.28. The van der Waals surface area contributed by atoms with Crippen LogP contribution in [0.1, 0.15) is 11.1 Å². The van der Waals surface area contributed by atoms with Crippen molar-refractivity contribution < 1.29 is 14.7 Å². The van der Waals surface area contributed by atoms with Gasteiger partial charge >= 0.3 is 0 Å². The fourth-order valence-corrected chi connectivity index (χ4v) is 2.46. The smallest absolute Gasteiger partial charge is 0.161 e. The molecule has 0 saturated carbocycles. The molecule has 0 atom stereocenters. The largest absolute Gasteiger partial charge is 0.493 e. The summed E-state index contributed by atoms with van der Waals surface area (Å²) in [4.78, 5) is 4.05. The molecule has 0 bridgehead atoms. The third-order valence-electron chi connectivity index (χ3n) is 3.38. The summed E-state index contributed by atoms with van der Waals surface area (Å²) in [6, 6.07) is 4.00. The van der Waals surface area contributed by atoms with Crippen LogP contribution in [0.25, 0.3) is 0 Å². The normalized spacial score (nSPS) is 15.4. The molecule has 0 radical (unpaired) electrons. The van der Waals surface area contributed by atoms with Crippen molar-refractivity contribution in [2.24, 2.45) is 10.9 Å². The van der Waals surface area contributed by atoms with Crippen molar-refractivity contribution >= 4 is 5.84 Å². The Kier molecular flexibility index (Phi) is 3.72. The summed E-state index contributed by atoms with van der Waals surface area (Å²) in [6.45, 7) is 0. The monoisotopic (exact) mass is 250 g/mol. The lowest BCUT2D eigenvalue weighted by atomic mass is 10.1. The van der Waals surface area contributed by atoms with Crippen LogP contribution < -0.4 is 15.0 Å². The SMILES string of the molecule is CN=C(NO)C1Cc2cc(OC)c(OC)cc2C1. The summed E-state index contributed by atoms with van der Waals surface area (Å²) in [6.07, 6.45) is 1.69. The van der Waals surface area contributed by atoms with Gasteiger partial charge in [0.05, 0.1) is 14.2 Å². The van der Waals surface area contributed by atoms with Crippen molar-refractivity contribution in [3.8, 4) is 11.5 Å². The number of nitrogens with zero attached hydrogens (tertiary/aromatic N) is 1. The van der Waals surface area contributed by atoms with E-state index in [9.17, 15) is 0 Å². The Balaban J connectivity index is 2.30. The fourth-order valence-electron chi connectivity index (χ4n) is 2.46. The van der Waals surface area contributed by atoms with E-state index in [0.29, 0.717) is 5.84 Å². The van der Waals surface area contributed by atoms with Crippen molar-refractivity contribution in [3.63, 3.8) is 0 Å². The molecule has 5 heteroatoms. The predicted molar refractivity (Wildman–Crippen MR) is 68.7 cm³/mol. The molecule has 2 rings (SSSR count). The highest BCUT2D eigenvalue weighted by Crippen LogP contribution is 2.36. The third kappa shape index (κ3) is 2.13. The summed E-state index contributed by atoms with van der Waals surface area (Å²) < 4.78 is 10.6. The Bertz CT molecular complexity index is 439. The van der Waals surface area contributed by atoms with E-state index in [1.165, 1.54) is 11.1 Å². The highest BCUT2D eigenvalue weighted by molar-refractivity contribution is 5.84. The van der Waals surface area contributed by atoms with Crippen LogP contribution in [0.4, 0.5) is 0 Å². The molecule has 1 aromatic carbocycles. The molecule has 2 N–H and O–H groups in total. The summed E-state index contributed by atoms with van der Waals surface area (Å²) in [5.41, 5.74) is 4.61. The Hall–Kier alpha value is -1.75. The first kappa shape index (κ1) is 12.7. The number of benzene rings is 1. The first-order chi connectivity index (χ1) is 8.73. The van der Waals surface area contributed by atoms with Gasteiger partial charge in [0.15, 0.2) is 11.5 Å². The van der Waals surface area contributed by atoms with Gasteiger partial charge in [-0.15, -0.1) is 0 Å². The van der Waals surface area contributed by atoms with E-state index in [4.69, 9.17) is 14.7 Å². The van der Waals surface area contributed by atoms with Gasteiger partial charge in [-0.1, -0.05) is 0 Å². The lowest BCUT2D eigenvalue weighted by molar-refractivity contribution is 0.227. The topological polar surface area (TPSA) is 63.1 Å². The molecule has 1 aliphatic carbocycles. The fraction of sp³-hybridized carbons (Fsp3) is 0.462. The molecule has 18 heavy (non-hydrogen) atoms. The van der Waals surface area contributed by atoms with Gasteiger partial charge in [-0.25, -0.2) is 0 Å². The second-order valence-electron chi connectivity index (χ2n) is 4.30. The van der Waals surface area contributed by atoms with Gasteiger partial charge in [0, 0.05) is 13.0 Å². The Morgan fingerprint density at radius 1 is 1.22 bits per heavy atom. The Morgan fingerprint density at radius 2 is 1.72 bits per heavy atom. The van der Waals surface area contributed by atoms with Gasteiger partial charge in [0.25, 0.3) is 0 Å². The van der Waals surface area contributed by atoms with Crippen LogP contribution in [0.15, 0.2) is 17.1 Å². The van der Waals surface area contributed by atoms with Crippen LogP contribution in [-0.4, -0.2) is 32.3 Å². The molecular weight excluding hydrogens is 232 g/mol. The lowest BCUT2D eigenvalue weighted by Gasteiger charge is -2.10. The van der Waals surface area contributed by atoms with Crippen molar-refractivity contribution in [1.82, 2.24) is 5.48 Å². The molecule has 0 heterocycles. The first-order valence-electron chi connectivity index (χ1n) is 5.84. The third-order valence-corrected chi connectivity index (χ3v) is 3.38. The zero-order chi connectivity index (χ0) is 13.1. The summed E-state index contributed by atoms with van der Waals surface area (Å²) >= 11 is 0. The molecule has 1 aliphatic rings. The van der Waals surface area contributed by atoms with Gasteiger partial charge in [0.2, 0.25) is 0 Å². The van der Waals surface area contributed by atoms with Crippen LogP contribution in [0.3, 0.4) is 0 Å².